The van der Waals surface area contributed by atoms with E-state index in [1.807, 2.05) is 25.2 Å². The predicted octanol–water partition coefficient (Wildman–Crippen LogP) is 3.54. The van der Waals surface area contributed by atoms with Crippen LogP contribution in [0.5, 0.6) is 11.5 Å². The van der Waals surface area contributed by atoms with E-state index < -0.39 is 0 Å². The molecule has 2 rings (SSSR count). The second-order valence-corrected chi connectivity index (χ2v) is 4.81. The molecule has 0 aliphatic rings. The molecule has 0 spiro atoms. The van der Waals surface area contributed by atoms with Gasteiger partial charge in [0, 0.05) is 6.54 Å². The van der Waals surface area contributed by atoms with Gasteiger partial charge in [0.1, 0.15) is 5.82 Å². The summed E-state index contributed by atoms with van der Waals surface area (Å²) in [6.07, 6.45) is 0. The standard InChI is InChI=1S/C17H20FNO2/c1-11-13(6-5-7-15(11)18)14-9-17(21-4)16(20-3)8-12(14)10-19-2/h5-9,19H,10H2,1-4H3. The van der Waals surface area contributed by atoms with Crippen LogP contribution in [-0.4, -0.2) is 21.3 Å². The van der Waals surface area contributed by atoms with Gasteiger partial charge in [0.15, 0.2) is 11.5 Å². The topological polar surface area (TPSA) is 30.5 Å². The summed E-state index contributed by atoms with van der Waals surface area (Å²) in [5.74, 6) is 1.09. The first kappa shape index (κ1) is 15.3. The summed E-state index contributed by atoms with van der Waals surface area (Å²) in [5.41, 5.74) is 3.46. The molecule has 0 saturated heterocycles. The fourth-order valence-electron chi connectivity index (χ4n) is 2.41. The van der Waals surface area contributed by atoms with Crippen molar-refractivity contribution in [3.05, 3.63) is 47.3 Å². The van der Waals surface area contributed by atoms with E-state index in [9.17, 15) is 4.39 Å². The third-order valence-electron chi connectivity index (χ3n) is 3.53. The molecule has 0 bridgehead atoms. The summed E-state index contributed by atoms with van der Waals surface area (Å²) in [4.78, 5) is 0. The number of nitrogens with one attached hydrogen (secondary N) is 1. The lowest BCUT2D eigenvalue weighted by atomic mass is 9.95. The smallest absolute Gasteiger partial charge is 0.161 e. The van der Waals surface area contributed by atoms with E-state index in [1.54, 1.807) is 27.2 Å². The van der Waals surface area contributed by atoms with E-state index in [0.717, 1.165) is 16.7 Å². The summed E-state index contributed by atoms with van der Waals surface area (Å²) >= 11 is 0. The van der Waals surface area contributed by atoms with E-state index in [0.29, 0.717) is 23.6 Å². The minimum Gasteiger partial charge on any atom is -0.493 e. The third-order valence-corrected chi connectivity index (χ3v) is 3.53. The van der Waals surface area contributed by atoms with Crippen molar-refractivity contribution in [3.63, 3.8) is 0 Å². The zero-order chi connectivity index (χ0) is 15.4. The molecular weight excluding hydrogens is 269 g/mol. The number of hydrogen-bond acceptors (Lipinski definition) is 3. The Bertz CT molecular complexity index is 641. The molecule has 0 heterocycles. The molecule has 1 N–H and O–H groups in total. The van der Waals surface area contributed by atoms with E-state index in [4.69, 9.17) is 9.47 Å². The van der Waals surface area contributed by atoms with Gasteiger partial charge in [0.2, 0.25) is 0 Å². The van der Waals surface area contributed by atoms with E-state index in [2.05, 4.69) is 5.32 Å². The molecule has 0 radical (unpaired) electrons. The van der Waals surface area contributed by atoms with Gasteiger partial charge in [-0.2, -0.15) is 0 Å². The lowest BCUT2D eigenvalue weighted by Gasteiger charge is -2.16. The lowest BCUT2D eigenvalue weighted by Crippen LogP contribution is -2.07. The van der Waals surface area contributed by atoms with Crippen molar-refractivity contribution in [2.75, 3.05) is 21.3 Å². The van der Waals surface area contributed by atoms with Crippen LogP contribution >= 0.6 is 0 Å². The van der Waals surface area contributed by atoms with Crippen molar-refractivity contribution in [2.24, 2.45) is 0 Å². The molecule has 2 aromatic carbocycles. The van der Waals surface area contributed by atoms with Crippen molar-refractivity contribution in [3.8, 4) is 22.6 Å². The highest BCUT2D eigenvalue weighted by atomic mass is 19.1. The van der Waals surface area contributed by atoms with Crippen molar-refractivity contribution in [1.82, 2.24) is 5.32 Å². The molecule has 2 aromatic rings. The highest BCUT2D eigenvalue weighted by Gasteiger charge is 2.15. The van der Waals surface area contributed by atoms with Gasteiger partial charge in [-0.1, -0.05) is 12.1 Å². The lowest BCUT2D eigenvalue weighted by molar-refractivity contribution is 0.354. The monoisotopic (exact) mass is 289 g/mol. The number of methoxy groups -OCH3 is 2. The average molecular weight is 289 g/mol. The molecule has 4 heteroatoms. The Labute approximate surface area is 124 Å². The van der Waals surface area contributed by atoms with Gasteiger partial charge in [-0.15, -0.1) is 0 Å². The summed E-state index contributed by atoms with van der Waals surface area (Å²) < 4.78 is 24.5. The Morgan fingerprint density at radius 1 is 1.05 bits per heavy atom. The SMILES string of the molecule is CNCc1cc(OC)c(OC)cc1-c1cccc(F)c1C. The molecule has 0 aromatic heterocycles. The highest BCUT2D eigenvalue weighted by Crippen LogP contribution is 2.37. The molecule has 0 unspecified atom stereocenters. The number of halogens is 1. The van der Waals surface area contributed by atoms with E-state index in [-0.39, 0.29) is 5.82 Å². The van der Waals surface area contributed by atoms with Gasteiger partial charge >= 0.3 is 0 Å². The molecule has 0 fully saturated rings. The fourth-order valence-corrected chi connectivity index (χ4v) is 2.41. The maximum Gasteiger partial charge on any atom is 0.161 e. The van der Waals surface area contributed by atoms with Crippen LogP contribution in [0.1, 0.15) is 11.1 Å². The normalized spacial score (nSPS) is 10.5. The van der Waals surface area contributed by atoms with Gasteiger partial charge in [-0.3, -0.25) is 0 Å². The summed E-state index contributed by atoms with van der Waals surface area (Å²) in [6.45, 7) is 2.44. The Morgan fingerprint density at radius 3 is 2.33 bits per heavy atom. The van der Waals surface area contributed by atoms with Crippen molar-refractivity contribution in [1.29, 1.82) is 0 Å². The Kier molecular flexibility index (Phi) is 4.81. The van der Waals surface area contributed by atoms with Gasteiger partial charge in [-0.25, -0.2) is 4.39 Å². The zero-order valence-electron chi connectivity index (χ0n) is 12.8. The fraction of sp³-hybridized carbons (Fsp3) is 0.294. The molecular formula is C17H20FNO2. The van der Waals surface area contributed by atoms with Crippen LogP contribution in [0.15, 0.2) is 30.3 Å². The van der Waals surface area contributed by atoms with Crippen molar-refractivity contribution >= 4 is 0 Å². The maximum atomic E-state index is 13.8. The second kappa shape index (κ2) is 6.59. The number of benzene rings is 2. The average Bonchev–Trinajstić information content (AvgIpc) is 2.50. The first-order valence-corrected chi connectivity index (χ1v) is 6.77. The van der Waals surface area contributed by atoms with Crippen LogP contribution in [0.2, 0.25) is 0 Å². The van der Waals surface area contributed by atoms with E-state index >= 15 is 0 Å². The van der Waals surface area contributed by atoms with Crippen LogP contribution in [0, 0.1) is 12.7 Å². The highest BCUT2D eigenvalue weighted by molar-refractivity contribution is 5.74. The van der Waals surface area contributed by atoms with Gasteiger partial charge < -0.3 is 14.8 Å². The number of rotatable bonds is 5. The Hall–Kier alpha value is -2.07. The maximum absolute atomic E-state index is 13.8. The molecule has 0 amide bonds. The number of hydrogen-bond donors (Lipinski definition) is 1. The van der Waals surface area contributed by atoms with Crippen molar-refractivity contribution < 1.29 is 13.9 Å². The van der Waals surface area contributed by atoms with Gasteiger partial charge in [0.05, 0.1) is 14.2 Å². The molecule has 3 nitrogen and oxygen atoms in total. The van der Waals surface area contributed by atoms with E-state index in [1.165, 1.54) is 6.07 Å². The molecule has 0 aliphatic heterocycles. The molecule has 112 valence electrons. The van der Waals surface area contributed by atoms with Crippen LogP contribution < -0.4 is 14.8 Å². The van der Waals surface area contributed by atoms with Crippen LogP contribution in [0.4, 0.5) is 4.39 Å². The largest absolute Gasteiger partial charge is 0.493 e. The quantitative estimate of drug-likeness (QED) is 0.913. The molecule has 0 saturated carbocycles. The minimum atomic E-state index is -0.210. The Balaban J connectivity index is 2.68. The van der Waals surface area contributed by atoms with Gasteiger partial charge in [0.25, 0.3) is 0 Å². The van der Waals surface area contributed by atoms with Crippen LogP contribution in [0.3, 0.4) is 0 Å². The predicted molar refractivity (Wildman–Crippen MR) is 82.4 cm³/mol. The van der Waals surface area contributed by atoms with Gasteiger partial charge in [-0.05, 0) is 54.4 Å². The second-order valence-electron chi connectivity index (χ2n) is 4.81. The van der Waals surface area contributed by atoms with Crippen LogP contribution in [0.25, 0.3) is 11.1 Å². The zero-order valence-corrected chi connectivity index (χ0v) is 12.8. The first-order valence-electron chi connectivity index (χ1n) is 6.77. The summed E-state index contributed by atoms with van der Waals surface area (Å²) in [7, 11) is 5.07. The third kappa shape index (κ3) is 3.00. The molecule has 0 aliphatic carbocycles. The molecule has 21 heavy (non-hydrogen) atoms. The number of ether oxygens (including phenoxy) is 2. The first-order chi connectivity index (χ1) is 10.1. The minimum absolute atomic E-state index is 0.210. The van der Waals surface area contributed by atoms with Crippen molar-refractivity contribution in [2.45, 2.75) is 13.5 Å². The molecule has 0 atom stereocenters. The Morgan fingerprint density at radius 2 is 1.71 bits per heavy atom. The summed E-state index contributed by atoms with van der Waals surface area (Å²) in [6, 6.07) is 8.93. The summed E-state index contributed by atoms with van der Waals surface area (Å²) in [5, 5.41) is 3.13. The van der Waals surface area contributed by atoms with Crippen LogP contribution in [-0.2, 0) is 6.54 Å².